The highest BCUT2D eigenvalue weighted by atomic mass is 16.5. The number of aromatic nitrogens is 1. The lowest BCUT2D eigenvalue weighted by molar-refractivity contribution is 0.127. The molecule has 3 heteroatoms. The third-order valence-corrected chi connectivity index (χ3v) is 3.97. The average Bonchev–Trinajstić information content (AvgIpc) is 2.42. The van der Waals surface area contributed by atoms with Gasteiger partial charge in [0.15, 0.2) is 0 Å². The van der Waals surface area contributed by atoms with E-state index >= 15 is 0 Å². The van der Waals surface area contributed by atoms with Crippen molar-refractivity contribution in [2.45, 2.75) is 65.5 Å². The molecule has 2 unspecified atom stereocenters. The molecule has 1 heterocycles. The third kappa shape index (κ3) is 4.48. The summed E-state index contributed by atoms with van der Waals surface area (Å²) in [4.78, 5) is 4.64. The molecule has 1 aromatic heterocycles. The molecule has 1 saturated carbocycles. The van der Waals surface area contributed by atoms with Crippen LogP contribution in [-0.2, 0) is 6.54 Å². The minimum atomic E-state index is 0.369. The van der Waals surface area contributed by atoms with Crippen LogP contribution in [0, 0.1) is 12.8 Å². The number of ether oxygens (including phenoxy) is 1. The van der Waals surface area contributed by atoms with Crippen LogP contribution in [-0.4, -0.2) is 17.6 Å². The fourth-order valence-corrected chi connectivity index (χ4v) is 2.88. The Morgan fingerprint density at radius 3 is 2.95 bits per heavy atom. The van der Waals surface area contributed by atoms with Crippen LogP contribution in [0.4, 0.5) is 0 Å². The largest absolute Gasteiger partial charge is 0.488 e. The van der Waals surface area contributed by atoms with Crippen LogP contribution in [0.1, 0.15) is 57.3 Å². The molecule has 1 aliphatic carbocycles. The molecule has 2 atom stereocenters. The van der Waals surface area contributed by atoms with E-state index in [0.717, 1.165) is 42.6 Å². The highest BCUT2D eigenvalue weighted by molar-refractivity contribution is 5.29. The van der Waals surface area contributed by atoms with E-state index in [1.54, 1.807) is 0 Å². The maximum atomic E-state index is 6.24. The average molecular weight is 276 g/mol. The van der Waals surface area contributed by atoms with Crippen LogP contribution in [0.3, 0.4) is 0 Å². The number of pyridine rings is 1. The molecule has 0 amide bonds. The Hall–Kier alpha value is -1.09. The van der Waals surface area contributed by atoms with Gasteiger partial charge in [-0.05, 0) is 57.2 Å². The van der Waals surface area contributed by atoms with Gasteiger partial charge in [0.1, 0.15) is 5.75 Å². The molecular formula is C17H28N2O. The van der Waals surface area contributed by atoms with Gasteiger partial charge in [-0.25, -0.2) is 0 Å². The maximum Gasteiger partial charge on any atom is 0.142 e. The summed E-state index contributed by atoms with van der Waals surface area (Å²) in [5, 5.41) is 3.42. The van der Waals surface area contributed by atoms with Gasteiger partial charge in [-0.15, -0.1) is 0 Å². The lowest BCUT2D eigenvalue weighted by Gasteiger charge is -2.28. The molecule has 0 bridgehead atoms. The predicted octanol–water partition coefficient (Wildman–Crippen LogP) is 3.85. The van der Waals surface area contributed by atoms with E-state index in [-0.39, 0.29) is 0 Å². The van der Waals surface area contributed by atoms with Gasteiger partial charge in [-0.1, -0.05) is 20.3 Å². The SMILES string of the molecule is CCCNCc1nc(C)ccc1OC1CCCC(C)C1. The molecule has 3 nitrogen and oxygen atoms in total. The van der Waals surface area contributed by atoms with Gasteiger partial charge in [-0.3, -0.25) is 4.98 Å². The van der Waals surface area contributed by atoms with Gasteiger partial charge in [0.05, 0.1) is 11.8 Å². The highest BCUT2D eigenvalue weighted by Gasteiger charge is 2.21. The first-order chi connectivity index (χ1) is 9.69. The monoisotopic (exact) mass is 276 g/mol. The summed E-state index contributed by atoms with van der Waals surface area (Å²) in [6.45, 7) is 8.36. The summed E-state index contributed by atoms with van der Waals surface area (Å²) in [6.07, 6.45) is 6.50. The number of aryl methyl sites for hydroxylation is 1. The van der Waals surface area contributed by atoms with Crippen molar-refractivity contribution in [3.8, 4) is 5.75 Å². The zero-order valence-electron chi connectivity index (χ0n) is 13.1. The standard InChI is InChI=1S/C17H28N2O/c1-4-10-18-12-16-17(9-8-14(3)19-16)20-15-7-5-6-13(2)11-15/h8-9,13,15,18H,4-7,10-12H2,1-3H3. The lowest BCUT2D eigenvalue weighted by Crippen LogP contribution is -2.25. The Labute approximate surface area is 123 Å². The van der Waals surface area contributed by atoms with Gasteiger partial charge in [0.25, 0.3) is 0 Å². The summed E-state index contributed by atoms with van der Waals surface area (Å²) in [6, 6.07) is 4.13. The molecule has 1 aliphatic rings. The molecule has 0 radical (unpaired) electrons. The van der Waals surface area contributed by atoms with Gasteiger partial charge >= 0.3 is 0 Å². The van der Waals surface area contributed by atoms with Gasteiger partial charge < -0.3 is 10.1 Å². The molecule has 20 heavy (non-hydrogen) atoms. The predicted molar refractivity (Wildman–Crippen MR) is 83.0 cm³/mol. The van der Waals surface area contributed by atoms with Crippen LogP contribution < -0.4 is 10.1 Å². The van der Waals surface area contributed by atoms with Crippen LogP contribution in [0.5, 0.6) is 5.75 Å². The quantitative estimate of drug-likeness (QED) is 0.801. The van der Waals surface area contributed by atoms with Crippen molar-refractivity contribution in [1.82, 2.24) is 10.3 Å². The number of nitrogens with one attached hydrogen (secondary N) is 1. The second-order valence-corrected chi connectivity index (χ2v) is 6.09. The smallest absolute Gasteiger partial charge is 0.142 e. The maximum absolute atomic E-state index is 6.24. The molecule has 112 valence electrons. The lowest BCUT2D eigenvalue weighted by atomic mass is 9.89. The molecule has 1 N–H and O–H groups in total. The molecule has 1 fully saturated rings. The number of hydrogen-bond donors (Lipinski definition) is 1. The second kappa shape index (κ2) is 7.63. The highest BCUT2D eigenvalue weighted by Crippen LogP contribution is 2.28. The van der Waals surface area contributed by atoms with Crippen molar-refractivity contribution < 1.29 is 4.74 Å². The van der Waals surface area contributed by atoms with Gasteiger partial charge in [0.2, 0.25) is 0 Å². The summed E-state index contributed by atoms with van der Waals surface area (Å²) in [7, 11) is 0. The van der Waals surface area contributed by atoms with E-state index in [1.807, 2.05) is 13.0 Å². The Bertz CT molecular complexity index is 419. The molecule has 2 rings (SSSR count). The van der Waals surface area contributed by atoms with Crippen LogP contribution >= 0.6 is 0 Å². The molecule has 0 saturated heterocycles. The fourth-order valence-electron chi connectivity index (χ4n) is 2.88. The number of hydrogen-bond acceptors (Lipinski definition) is 3. The number of rotatable bonds is 6. The topological polar surface area (TPSA) is 34.2 Å². The minimum Gasteiger partial charge on any atom is -0.488 e. The van der Waals surface area contributed by atoms with E-state index in [0.29, 0.717) is 6.10 Å². The van der Waals surface area contributed by atoms with E-state index in [2.05, 4.69) is 30.2 Å². The molecule has 1 aromatic rings. The number of nitrogens with zero attached hydrogens (tertiary/aromatic N) is 1. The Kier molecular flexibility index (Phi) is 5.84. The summed E-state index contributed by atoms with van der Waals surface area (Å²) < 4.78 is 6.24. The van der Waals surface area contributed by atoms with Crippen molar-refractivity contribution >= 4 is 0 Å². The van der Waals surface area contributed by atoms with Crippen LogP contribution in [0.25, 0.3) is 0 Å². The summed E-state index contributed by atoms with van der Waals surface area (Å²) >= 11 is 0. The Morgan fingerprint density at radius 1 is 1.35 bits per heavy atom. The van der Waals surface area contributed by atoms with Gasteiger partial charge in [-0.2, -0.15) is 0 Å². The van der Waals surface area contributed by atoms with Crippen molar-refractivity contribution in [3.05, 3.63) is 23.5 Å². The minimum absolute atomic E-state index is 0.369. The first-order valence-corrected chi connectivity index (χ1v) is 8.03. The van der Waals surface area contributed by atoms with E-state index in [4.69, 9.17) is 4.74 Å². The van der Waals surface area contributed by atoms with Crippen molar-refractivity contribution in [1.29, 1.82) is 0 Å². The third-order valence-electron chi connectivity index (χ3n) is 3.97. The fraction of sp³-hybridized carbons (Fsp3) is 0.706. The Morgan fingerprint density at radius 2 is 2.20 bits per heavy atom. The zero-order chi connectivity index (χ0) is 14.4. The van der Waals surface area contributed by atoms with Gasteiger partial charge in [0, 0.05) is 12.2 Å². The molecule has 0 aromatic carbocycles. The van der Waals surface area contributed by atoms with Crippen LogP contribution in [0.15, 0.2) is 12.1 Å². The summed E-state index contributed by atoms with van der Waals surface area (Å²) in [5.74, 6) is 1.76. The van der Waals surface area contributed by atoms with Crippen molar-refractivity contribution in [2.24, 2.45) is 5.92 Å². The van der Waals surface area contributed by atoms with Crippen molar-refractivity contribution in [3.63, 3.8) is 0 Å². The van der Waals surface area contributed by atoms with E-state index in [1.165, 1.54) is 25.7 Å². The zero-order valence-corrected chi connectivity index (χ0v) is 13.1. The van der Waals surface area contributed by atoms with Crippen molar-refractivity contribution in [2.75, 3.05) is 6.54 Å². The molecule has 0 aliphatic heterocycles. The second-order valence-electron chi connectivity index (χ2n) is 6.09. The van der Waals surface area contributed by atoms with E-state index < -0.39 is 0 Å². The molecule has 0 spiro atoms. The first-order valence-electron chi connectivity index (χ1n) is 8.03. The molecular weight excluding hydrogens is 248 g/mol. The Balaban J connectivity index is 2.01. The normalized spacial score (nSPS) is 22.8. The van der Waals surface area contributed by atoms with E-state index in [9.17, 15) is 0 Å². The summed E-state index contributed by atoms with van der Waals surface area (Å²) in [5.41, 5.74) is 2.11. The first kappa shape index (κ1) is 15.3. The van der Waals surface area contributed by atoms with Crippen LogP contribution in [0.2, 0.25) is 0 Å².